The highest BCUT2D eigenvalue weighted by Gasteiger charge is 2.22. The summed E-state index contributed by atoms with van der Waals surface area (Å²) in [5.74, 6) is 1.62. The molecule has 2 aromatic rings. The van der Waals surface area contributed by atoms with Crippen molar-refractivity contribution in [2.45, 2.75) is 38.8 Å². The number of aliphatic hydroxyl groups is 1. The molecule has 1 saturated carbocycles. The van der Waals surface area contributed by atoms with E-state index < -0.39 is 0 Å². The molecule has 0 amide bonds. The van der Waals surface area contributed by atoms with E-state index in [1.165, 1.54) is 10.9 Å². The van der Waals surface area contributed by atoms with Crippen molar-refractivity contribution < 1.29 is 9.52 Å². The lowest BCUT2D eigenvalue weighted by Gasteiger charge is -2.10. The van der Waals surface area contributed by atoms with Gasteiger partial charge in [0.25, 0.3) is 0 Å². The Morgan fingerprint density at radius 3 is 2.95 bits per heavy atom. The first-order chi connectivity index (χ1) is 9.24. The van der Waals surface area contributed by atoms with Crippen molar-refractivity contribution in [2.75, 3.05) is 6.54 Å². The lowest BCUT2D eigenvalue weighted by molar-refractivity contribution is 0.177. The Morgan fingerprint density at radius 2 is 2.16 bits per heavy atom. The van der Waals surface area contributed by atoms with Crippen molar-refractivity contribution in [3.8, 4) is 0 Å². The SMILES string of the molecule is Cc1oc2ccccc2c1CNCC1CCC(O)C1. The molecule has 3 rings (SSSR count). The predicted octanol–water partition coefficient (Wildman–Crippen LogP) is 2.99. The number of hydrogen-bond acceptors (Lipinski definition) is 3. The Bertz CT molecular complexity index is 561. The van der Waals surface area contributed by atoms with Crippen LogP contribution in [0.1, 0.15) is 30.6 Å². The summed E-state index contributed by atoms with van der Waals surface area (Å²) in [5, 5.41) is 14.2. The molecular formula is C16H21NO2. The number of aryl methyl sites for hydroxylation is 1. The lowest BCUT2D eigenvalue weighted by atomic mass is 10.1. The van der Waals surface area contributed by atoms with Gasteiger partial charge in [-0.2, -0.15) is 0 Å². The van der Waals surface area contributed by atoms with Crippen molar-refractivity contribution >= 4 is 11.0 Å². The number of para-hydroxylation sites is 1. The summed E-state index contributed by atoms with van der Waals surface area (Å²) < 4.78 is 5.76. The molecule has 1 aromatic heterocycles. The van der Waals surface area contributed by atoms with E-state index in [2.05, 4.69) is 11.4 Å². The van der Waals surface area contributed by atoms with E-state index in [0.717, 1.165) is 43.7 Å². The van der Waals surface area contributed by atoms with Crippen LogP contribution in [0.4, 0.5) is 0 Å². The topological polar surface area (TPSA) is 45.4 Å². The second-order valence-corrected chi connectivity index (χ2v) is 5.60. The Morgan fingerprint density at radius 1 is 1.32 bits per heavy atom. The van der Waals surface area contributed by atoms with Crippen LogP contribution in [0.15, 0.2) is 28.7 Å². The second kappa shape index (κ2) is 5.35. The second-order valence-electron chi connectivity index (χ2n) is 5.60. The predicted molar refractivity (Wildman–Crippen MR) is 76.0 cm³/mol. The Labute approximate surface area is 113 Å². The summed E-state index contributed by atoms with van der Waals surface area (Å²) in [6, 6.07) is 8.18. The van der Waals surface area contributed by atoms with E-state index in [-0.39, 0.29) is 6.10 Å². The fourth-order valence-corrected chi connectivity index (χ4v) is 3.08. The molecule has 0 saturated heterocycles. The van der Waals surface area contributed by atoms with E-state index in [4.69, 9.17) is 4.42 Å². The van der Waals surface area contributed by atoms with Gasteiger partial charge in [-0.25, -0.2) is 0 Å². The molecule has 0 spiro atoms. The highest BCUT2D eigenvalue weighted by Crippen LogP contribution is 2.26. The minimum absolute atomic E-state index is 0.0803. The van der Waals surface area contributed by atoms with Gasteiger partial charge in [0.2, 0.25) is 0 Å². The Kier molecular flexibility index (Phi) is 3.58. The van der Waals surface area contributed by atoms with E-state index in [1.807, 2.05) is 25.1 Å². The molecule has 1 aliphatic carbocycles. The van der Waals surface area contributed by atoms with Crippen LogP contribution < -0.4 is 5.32 Å². The van der Waals surface area contributed by atoms with E-state index in [0.29, 0.717) is 5.92 Å². The van der Waals surface area contributed by atoms with Gasteiger partial charge in [0.1, 0.15) is 11.3 Å². The summed E-state index contributed by atoms with van der Waals surface area (Å²) in [6.07, 6.45) is 2.96. The van der Waals surface area contributed by atoms with Crippen LogP contribution in [0.2, 0.25) is 0 Å². The number of benzene rings is 1. The van der Waals surface area contributed by atoms with Gasteiger partial charge in [0.05, 0.1) is 6.10 Å². The maximum Gasteiger partial charge on any atom is 0.134 e. The number of aliphatic hydroxyl groups excluding tert-OH is 1. The normalized spacial score (nSPS) is 23.3. The molecule has 0 radical (unpaired) electrons. The van der Waals surface area contributed by atoms with Crippen molar-refractivity contribution in [3.63, 3.8) is 0 Å². The van der Waals surface area contributed by atoms with E-state index in [1.54, 1.807) is 0 Å². The third kappa shape index (κ3) is 2.67. The number of rotatable bonds is 4. The number of furan rings is 1. The van der Waals surface area contributed by atoms with Gasteiger partial charge >= 0.3 is 0 Å². The molecule has 102 valence electrons. The van der Waals surface area contributed by atoms with Crippen LogP contribution in [0, 0.1) is 12.8 Å². The van der Waals surface area contributed by atoms with Gasteiger partial charge in [0.15, 0.2) is 0 Å². The first-order valence-corrected chi connectivity index (χ1v) is 7.10. The van der Waals surface area contributed by atoms with Crippen LogP contribution in [-0.4, -0.2) is 17.8 Å². The van der Waals surface area contributed by atoms with Crippen LogP contribution in [-0.2, 0) is 6.54 Å². The average molecular weight is 259 g/mol. The average Bonchev–Trinajstić information content (AvgIpc) is 2.94. The smallest absolute Gasteiger partial charge is 0.134 e. The number of nitrogens with one attached hydrogen (secondary N) is 1. The summed E-state index contributed by atoms with van der Waals surface area (Å²) in [5.41, 5.74) is 2.22. The first kappa shape index (κ1) is 12.7. The van der Waals surface area contributed by atoms with Gasteiger partial charge in [-0.3, -0.25) is 0 Å². The van der Waals surface area contributed by atoms with E-state index >= 15 is 0 Å². The van der Waals surface area contributed by atoms with Gasteiger partial charge in [0, 0.05) is 17.5 Å². The van der Waals surface area contributed by atoms with Gasteiger partial charge < -0.3 is 14.8 Å². The highest BCUT2D eigenvalue weighted by molar-refractivity contribution is 5.82. The summed E-state index contributed by atoms with van der Waals surface area (Å²) >= 11 is 0. The molecule has 0 bridgehead atoms. The Balaban J connectivity index is 1.63. The van der Waals surface area contributed by atoms with Gasteiger partial charge in [-0.15, -0.1) is 0 Å². The maximum atomic E-state index is 9.53. The summed E-state index contributed by atoms with van der Waals surface area (Å²) in [7, 11) is 0. The molecule has 1 fully saturated rings. The highest BCUT2D eigenvalue weighted by atomic mass is 16.3. The zero-order chi connectivity index (χ0) is 13.2. The molecule has 2 N–H and O–H groups in total. The molecule has 0 aliphatic heterocycles. The fraction of sp³-hybridized carbons (Fsp3) is 0.500. The van der Waals surface area contributed by atoms with Crippen molar-refractivity contribution in [3.05, 3.63) is 35.6 Å². The Hall–Kier alpha value is -1.32. The zero-order valence-electron chi connectivity index (χ0n) is 11.4. The molecule has 2 atom stereocenters. The van der Waals surface area contributed by atoms with Crippen LogP contribution in [0.3, 0.4) is 0 Å². The maximum absolute atomic E-state index is 9.53. The summed E-state index contributed by atoms with van der Waals surface area (Å²) in [6.45, 7) is 3.85. The van der Waals surface area contributed by atoms with Crippen LogP contribution >= 0.6 is 0 Å². The molecule has 3 heteroatoms. The molecule has 1 aliphatic rings. The number of fused-ring (bicyclic) bond motifs is 1. The van der Waals surface area contributed by atoms with Crippen molar-refractivity contribution in [2.24, 2.45) is 5.92 Å². The fourth-order valence-electron chi connectivity index (χ4n) is 3.08. The zero-order valence-corrected chi connectivity index (χ0v) is 11.4. The third-order valence-electron chi connectivity index (χ3n) is 4.15. The monoisotopic (exact) mass is 259 g/mol. The lowest BCUT2D eigenvalue weighted by Crippen LogP contribution is -2.21. The third-order valence-corrected chi connectivity index (χ3v) is 4.15. The van der Waals surface area contributed by atoms with Crippen LogP contribution in [0.5, 0.6) is 0 Å². The minimum Gasteiger partial charge on any atom is -0.461 e. The van der Waals surface area contributed by atoms with Crippen LogP contribution in [0.25, 0.3) is 11.0 Å². The molecule has 1 heterocycles. The quantitative estimate of drug-likeness (QED) is 0.887. The molecule has 3 nitrogen and oxygen atoms in total. The van der Waals surface area contributed by atoms with Gasteiger partial charge in [-0.1, -0.05) is 18.2 Å². The van der Waals surface area contributed by atoms with E-state index in [9.17, 15) is 5.11 Å². The summed E-state index contributed by atoms with van der Waals surface area (Å²) in [4.78, 5) is 0. The van der Waals surface area contributed by atoms with Gasteiger partial charge in [-0.05, 0) is 44.7 Å². The standard InChI is InChI=1S/C16H21NO2/c1-11-15(14-4-2-3-5-16(14)19-11)10-17-9-12-6-7-13(18)8-12/h2-5,12-13,17-18H,6-10H2,1H3. The van der Waals surface area contributed by atoms with Crippen molar-refractivity contribution in [1.82, 2.24) is 5.32 Å². The largest absolute Gasteiger partial charge is 0.461 e. The van der Waals surface area contributed by atoms with Crippen molar-refractivity contribution in [1.29, 1.82) is 0 Å². The minimum atomic E-state index is -0.0803. The molecule has 2 unspecified atom stereocenters. The number of hydrogen-bond donors (Lipinski definition) is 2. The first-order valence-electron chi connectivity index (χ1n) is 7.10. The molecule has 19 heavy (non-hydrogen) atoms. The molecule has 1 aromatic carbocycles. The molecular weight excluding hydrogens is 238 g/mol.